The van der Waals surface area contributed by atoms with Gasteiger partial charge in [0.15, 0.2) is 0 Å². The van der Waals surface area contributed by atoms with Crippen LogP contribution in [-0.2, 0) is 6.42 Å². The van der Waals surface area contributed by atoms with Crippen LogP contribution in [0.5, 0.6) is 5.75 Å². The van der Waals surface area contributed by atoms with Crippen LogP contribution < -0.4 is 10.1 Å². The van der Waals surface area contributed by atoms with Gasteiger partial charge in [-0.3, -0.25) is 4.68 Å². The van der Waals surface area contributed by atoms with Crippen LogP contribution in [0.1, 0.15) is 37.2 Å². The monoisotopic (exact) mass is 307 g/mol. The first-order valence-corrected chi connectivity index (χ1v) is 7.47. The van der Waals surface area contributed by atoms with Gasteiger partial charge in [0.1, 0.15) is 5.75 Å². The van der Waals surface area contributed by atoms with Crippen molar-refractivity contribution >= 4 is 11.6 Å². The van der Waals surface area contributed by atoms with Crippen molar-refractivity contribution in [1.82, 2.24) is 15.1 Å². The summed E-state index contributed by atoms with van der Waals surface area (Å²) in [6.07, 6.45) is 2.80. The number of aromatic nitrogens is 2. The Bertz CT molecular complexity index is 595. The van der Waals surface area contributed by atoms with E-state index in [2.05, 4.69) is 30.3 Å². The Morgan fingerprint density at radius 1 is 1.33 bits per heavy atom. The van der Waals surface area contributed by atoms with Gasteiger partial charge in [-0.2, -0.15) is 5.10 Å². The van der Waals surface area contributed by atoms with Gasteiger partial charge in [-0.1, -0.05) is 11.6 Å². The molecular weight excluding hydrogens is 286 g/mol. The molecule has 0 saturated carbocycles. The van der Waals surface area contributed by atoms with E-state index in [0.29, 0.717) is 11.1 Å². The Kier molecular flexibility index (Phi) is 5.26. The smallest absolute Gasteiger partial charge is 0.123 e. The van der Waals surface area contributed by atoms with E-state index in [-0.39, 0.29) is 6.04 Å². The summed E-state index contributed by atoms with van der Waals surface area (Å²) in [5, 5.41) is 8.63. The molecule has 0 saturated heterocycles. The van der Waals surface area contributed by atoms with Gasteiger partial charge in [-0.25, -0.2) is 0 Å². The molecule has 0 aliphatic rings. The second-order valence-corrected chi connectivity index (χ2v) is 5.75. The molecule has 21 heavy (non-hydrogen) atoms. The topological polar surface area (TPSA) is 39.1 Å². The van der Waals surface area contributed by atoms with Gasteiger partial charge >= 0.3 is 0 Å². The third kappa shape index (κ3) is 3.77. The Hall–Kier alpha value is -1.52. The van der Waals surface area contributed by atoms with Crippen molar-refractivity contribution in [1.29, 1.82) is 0 Å². The van der Waals surface area contributed by atoms with E-state index in [1.807, 2.05) is 36.1 Å². The number of halogens is 1. The van der Waals surface area contributed by atoms with E-state index in [0.717, 1.165) is 23.4 Å². The molecule has 5 heteroatoms. The van der Waals surface area contributed by atoms with Crippen LogP contribution in [0.25, 0.3) is 0 Å². The zero-order chi connectivity index (χ0) is 15.4. The van der Waals surface area contributed by atoms with Crippen molar-refractivity contribution in [2.75, 3.05) is 14.2 Å². The van der Waals surface area contributed by atoms with Crippen molar-refractivity contribution in [3.05, 3.63) is 46.7 Å². The van der Waals surface area contributed by atoms with E-state index in [4.69, 9.17) is 16.3 Å². The van der Waals surface area contributed by atoms with E-state index in [1.165, 1.54) is 0 Å². The van der Waals surface area contributed by atoms with Crippen molar-refractivity contribution < 1.29 is 4.74 Å². The van der Waals surface area contributed by atoms with Crippen LogP contribution >= 0.6 is 11.6 Å². The highest BCUT2D eigenvalue weighted by atomic mass is 35.5. The second kappa shape index (κ2) is 6.96. The van der Waals surface area contributed by atoms with E-state index in [1.54, 1.807) is 7.11 Å². The summed E-state index contributed by atoms with van der Waals surface area (Å²) in [6.45, 7) is 4.23. The molecule has 0 radical (unpaired) electrons. The summed E-state index contributed by atoms with van der Waals surface area (Å²) in [5.74, 6) is 0.835. The standard InChI is InChI=1S/C16H22ClN3O/c1-11(2)20-8-7-13(19-20)10-15(18-3)14-9-12(17)5-6-16(14)21-4/h5-9,11,15,18H,10H2,1-4H3. The quantitative estimate of drug-likeness (QED) is 0.886. The third-order valence-electron chi connectivity index (χ3n) is 3.52. The highest BCUT2D eigenvalue weighted by Crippen LogP contribution is 2.30. The predicted octanol–water partition coefficient (Wildman–Crippen LogP) is 3.63. The lowest BCUT2D eigenvalue weighted by Gasteiger charge is -2.19. The molecule has 1 heterocycles. The van der Waals surface area contributed by atoms with Crippen molar-refractivity contribution in [2.45, 2.75) is 32.4 Å². The van der Waals surface area contributed by atoms with E-state index < -0.39 is 0 Å². The third-order valence-corrected chi connectivity index (χ3v) is 3.76. The van der Waals surface area contributed by atoms with E-state index >= 15 is 0 Å². The molecule has 0 bridgehead atoms. The minimum Gasteiger partial charge on any atom is -0.496 e. The average Bonchev–Trinajstić information content (AvgIpc) is 2.93. The number of hydrogen-bond donors (Lipinski definition) is 1. The van der Waals surface area contributed by atoms with Crippen LogP contribution in [0.3, 0.4) is 0 Å². The van der Waals surface area contributed by atoms with Crippen molar-refractivity contribution in [2.24, 2.45) is 0 Å². The van der Waals surface area contributed by atoms with Gasteiger partial charge < -0.3 is 10.1 Å². The lowest BCUT2D eigenvalue weighted by atomic mass is 10.0. The molecular formula is C16H22ClN3O. The Balaban J connectivity index is 2.25. The maximum Gasteiger partial charge on any atom is 0.123 e. The molecule has 0 amide bonds. The zero-order valence-corrected chi connectivity index (χ0v) is 13.7. The van der Waals surface area contributed by atoms with Crippen LogP contribution in [0.4, 0.5) is 0 Å². The highest BCUT2D eigenvalue weighted by molar-refractivity contribution is 6.30. The SMILES string of the molecule is CNC(Cc1ccn(C(C)C)n1)c1cc(Cl)ccc1OC. The predicted molar refractivity (Wildman–Crippen MR) is 86.1 cm³/mol. The molecule has 1 N–H and O–H groups in total. The maximum absolute atomic E-state index is 6.12. The summed E-state index contributed by atoms with van der Waals surface area (Å²) in [6, 6.07) is 8.21. The van der Waals surface area contributed by atoms with Gasteiger partial charge in [0.2, 0.25) is 0 Å². The summed E-state index contributed by atoms with van der Waals surface area (Å²) in [7, 11) is 3.61. The Labute approximate surface area is 131 Å². The number of benzene rings is 1. The molecule has 114 valence electrons. The van der Waals surface area contributed by atoms with Crippen LogP contribution in [0.2, 0.25) is 5.02 Å². The fraction of sp³-hybridized carbons (Fsp3) is 0.438. The van der Waals surface area contributed by atoms with Gasteiger partial charge in [-0.15, -0.1) is 0 Å². The molecule has 0 fully saturated rings. The second-order valence-electron chi connectivity index (χ2n) is 5.31. The zero-order valence-electron chi connectivity index (χ0n) is 12.9. The number of methoxy groups -OCH3 is 1. The minimum atomic E-state index is 0.106. The molecule has 1 aromatic carbocycles. The summed E-state index contributed by atoms with van der Waals surface area (Å²) in [5.41, 5.74) is 2.09. The van der Waals surface area contributed by atoms with Gasteiger partial charge in [0.05, 0.1) is 12.8 Å². The van der Waals surface area contributed by atoms with E-state index in [9.17, 15) is 0 Å². The van der Waals surface area contributed by atoms with Gasteiger partial charge in [0, 0.05) is 35.3 Å². The molecule has 1 atom stereocenters. The Morgan fingerprint density at radius 3 is 2.67 bits per heavy atom. The first-order chi connectivity index (χ1) is 10.0. The lowest BCUT2D eigenvalue weighted by molar-refractivity contribution is 0.400. The molecule has 2 aromatic rings. The molecule has 0 spiro atoms. The van der Waals surface area contributed by atoms with Crippen LogP contribution in [-0.4, -0.2) is 23.9 Å². The van der Waals surface area contributed by atoms with Crippen LogP contribution in [0, 0.1) is 0 Å². The molecule has 1 unspecified atom stereocenters. The number of ether oxygens (including phenoxy) is 1. The van der Waals surface area contributed by atoms with Gasteiger partial charge in [0.25, 0.3) is 0 Å². The first kappa shape index (κ1) is 15.9. The lowest BCUT2D eigenvalue weighted by Crippen LogP contribution is -2.20. The van der Waals surface area contributed by atoms with Gasteiger partial charge in [-0.05, 0) is 45.2 Å². The largest absolute Gasteiger partial charge is 0.496 e. The molecule has 0 aliphatic carbocycles. The summed E-state index contributed by atoms with van der Waals surface area (Å²) >= 11 is 6.12. The Morgan fingerprint density at radius 2 is 2.10 bits per heavy atom. The number of likely N-dealkylation sites (N-methyl/N-ethyl adjacent to an activating group) is 1. The fourth-order valence-electron chi connectivity index (χ4n) is 2.33. The van der Waals surface area contributed by atoms with Crippen molar-refractivity contribution in [3.63, 3.8) is 0 Å². The van der Waals surface area contributed by atoms with Crippen molar-refractivity contribution in [3.8, 4) is 5.75 Å². The first-order valence-electron chi connectivity index (χ1n) is 7.10. The fourth-order valence-corrected chi connectivity index (χ4v) is 2.51. The number of rotatable bonds is 6. The minimum absolute atomic E-state index is 0.106. The molecule has 4 nitrogen and oxygen atoms in total. The summed E-state index contributed by atoms with van der Waals surface area (Å²) in [4.78, 5) is 0. The molecule has 0 aliphatic heterocycles. The number of nitrogens with zero attached hydrogens (tertiary/aromatic N) is 2. The normalized spacial score (nSPS) is 12.7. The highest BCUT2D eigenvalue weighted by Gasteiger charge is 2.17. The number of hydrogen-bond acceptors (Lipinski definition) is 3. The average molecular weight is 308 g/mol. The maximum atomic E-state index is 6.12. The summed E-state index contributed by atoms with van der Waals surface area (Å²) < 4.78 is 7.41. The number of nitrogens with one attached hydrogen (secondary N) is 1. The van der Waals surface area contributed by atoms with Crippen LogP contribution in [0.15, 0.2) is 30.5 Å². The molecule has 1 aromatic heterocycles. The molecule has 2 rings (SSSR count).